The summed E-state index contributed by atoms with van der Waals surface area (Å²) in [7, 11) is 0. The highest BCUT2D eigenvalue weighted by molar-refractivity contribution is 5.85. The van der Waals surface area contributed by atoms with Crippen LogP contribution in [0.2, 0.25) is 0 Å². The molecule has 0 radical (unpaired) electrons. The zero-order valence-electron chi connectivity index (χ0n) is 12.8. The summed E-state index contributed by atoms with van der Waals surface area (Å²) in [6, 6.07) is 5.39. The zero-order valence-corrected chi connectivity index (χ0v) is 13.6. The Bertz CT molecular complexity index is 580. The van der Waals surface area contributed by atoms with Gasteiger partial charge in [0.1, 0.15) is 18.4 Å². The van der Waals surface area contributed by atoms with Crippen LogP contribution in [-0.2, 0) is 16.2 Å². The predicted molar refractivity (Wildman–Crippen MR) is 89.0 cm³/mol. The van der Waals surface area contributed by atoms with Crippen molar-refractivity contribution in [2.24, 2.45) is 22.2 Å². The monoisotopic (exact) mass is 361 g/mol. The summed E-state index contributed by atoms with van der Waals surface area (Å²) in [6.45, 7) is 0.139. The second-order valence-corrected chi connectivity index (χ2v) is 4.62. The standard InChI is InChI=1S/C13H19N5O5.ClH/c14-11(5-2-6-17-13(15)16)12(19)23-10-4-1-3-9(7-10)8-22-18(20)21;/h1,3-4,7,11H,2,5-6,8,14H2,(H4,15,16,17);1H. The van der Waals surface area contributed by atoms with E-state index in [0.717, 1.165) is 0 Å². The summed E-state index contributed by atoms with van der Waals surface area (Å²) < 4.78 is 5.13. The Kier molecular flexibility index (Phi) is 9.83. The lowest BCUT2D eigenvalue weighted by Crippen LogP contribution is -2.34. The van der Waals surface area contributed by atoms with Gasteiger partial charge in [0, 0.05) is 6.54 Å². The smallest absolute Gasteiger partial charge is 0.328 e. The minimum absolute atomic E-state index is 0. The van der Waals surface area contributed by atoms with E-state index in [1.54, 1.807) is 18.2 Å². The summed E-state index contributed by atoms with van der Waals surface area (Å²) in [6.07, 6.45) is 0.893. The number of carbonyl (C=O) groups excluding carboxylic acids is 1. The fraction of sp³-hybridized carbons (Fsp3) is 0.385. The number of nitrogens with two attached hydrogens (primary N) is 3. The fourth-order valence-corrected chi connectivity index (χ4v) is 1.66. The van der Waals surface area contributed by atoms with E-state index in [2.05, 4.69) is 9.83 Å². The van der Waals surface area contributed by atoms with Crippen molar-refractivity contribution in [2.75, 3.05) is 6.54 Å². The summed E-state index contributed by atoms with van der Waals surface area (Å²) in [5, 5.41) is 9.25. The maximum atomic E-state index is 11.8. The Morgan fingerprint density at radius 2 is 2.08 bits per heavy atom. The third kappa shape index (κ3) is 8.76. The quantitative estimate of drug-likeness (QED) is 0.106. The molecule has 0 aromatic heterocycles. The van der Waals surface area contributed by atoms with Crippen molar-refractivity contribution in [3.63, 3.8) is 0 Å². The minimum atomic E-state index is -0.898. The van der Waals surface area contributed by atoms with Gasteiger partial charge in [-0.25, -0.2) is 4.79 Å². The number of nitrogens with zero attached hydrogens (tertiary/aromatic N) is 2. The van der Waals surface area contributed by atoms with Crippen LogP contribution < -0.4 is 21.9 Å². The second-order valence-electron chi connectivity index (χ2n) is 4.62. The number of hydrogen-bond donors (Lipinski definition) is 3. The van der Waals surface area contributed by atoms with Gasteiger partial charge in [-0.15, -0.1) is 22.5 Å². The average Bonchev–Trinajstić information content (AvgIpc) is 2.49. The van der Waals surface area contributed by atoms with Crippen LogP contribution in [0, 0.1) is 10.1 Å². The van der Waals surface area contributed by atoms with Gasteiger partial charge in [-0.1, -0.05) is 12.1 Å². The summed E-state index contributed by atoms with van der Waals surface area (Å²) in [5.74, 6) is -0.393. The Balaban J connectivity index is 0.00000529. The third-order valence-corrected chi connectivity index (χ3v) is 2.72. The van der Waals surface area contributed by atoms with E-state index in [1.807, 2.05) is 0 Å². The number of carbonyl (C=O) groups is 1. The molecule has 0 bridgehead atoms. The van der Waals surface area contributed by atoms with Crippen molar-refractivity contribution in [1.29, 1.82) is 0 Å². The number of rotatable bonds is 9. The van der Waals surface area contributed by atoms with Crippen LogP contribution in [0.4, 0.5) is 0 Å². The molecular weight excluding hydrogens is 342 g/mol. The molecule has 6 N–H and O–H groups in total. The van der Waals surface area contributed by atoms with E-state index in [4.69, 9.17) is 21.9 Å². The summed E-state index contributed by atoms with van der Waals surface area (Å²) in [5.41, 5.74) is 16.6. The maximum Gasteiger partial charge on any atom is 0.328 e. The average molecular weight is 362 g/mol. The molecule has 24 heavy (non-hydrogen) atoms. The molecule has 0 saturated heterocycles. The molecular formula is C13H20ClN5O5. The molecule has 1 rings (SSSR count). The highest BCUT2D eigenvalue weighted by Crippen LogP contribution is 2.15. The molecule has 0 heterocycles. The first-order valence-electron chi connectivity index (χ1n) is 6.77. The van der Waals surface area contributed by atoms with E-state index in [0.29, 0.717) is 24.9 Å². The Labute approximate surface area is 144 Å². The molecule has 134 valence electrons. The van der Waals surface area contributed by atoms with Gasteiger partial charge in [-0.2, -0.15) is 0 Å². The largest absolute Gasteiger partial charge is 0.425 e. The normalized spacial score (nSPS) is 10.9. The number of guanidine groups is 1. The van der Waals surface area contributed by atoms with Crippen molar-refractivity contribution in [2.45, 2.75) is 25.5 Å². The van der Waals surface area contributed by atoms with Gasteiger partial charge in [0.15, 0.2) is 5.96 Å². The summed E-state index contributed by atoms with van der Waals surface area (Å²) in [4.78, 5) is 30.0. The number of aliphatic imine (C=N–C) groups is 1. The zero-order chi connectivity index (χ0) is 17.2. The second kappa shape index (κ2) is 11.0. The van der Waals surface area contributed by atoms with Crippen LogP contribution in [0.25, 0.3) is 0 Å². The number of ether oxygens (including phenoxy) is 1. The van der Waals surface area contributed by atoms with E-state index >= 15 is 0 Å². The van der Waals surface area contributed by atoms with Crippen LogP contribution in [-0.4, -0.2) is 29.6 Å². The highest BCUT2D eigenvalue weighted by Gasteiger charge is 2.15. The van der Waals surface area contributed by atoms with E-state index in [1.165, 1.54) is 6.07 Å². The van der Waals surface area contributed by atoms with Gasteiger partial charge in [0.05, 0.1) is 0 Å². The molecule has 1 unspecified atom stereocenters. The molecule has 0 aliphatic heterocycles. The van der Waals surface area contributed by atoms with Gasteiger partial charge < -0.3 is 26.8 Å². The number of halogens is 1. The lowest BCUT2D eigenvalue weighted by molar-refractivity contribution is -0.763. The molecule has 10 nitrogen and oxygen atoms in total. The topological polar surface area (TPSA) is 169 Å². The Morgan fingerprint density at radius 1 is 1.38 bits per heavy atom. The molecule has 1 aromatic rings. The molecule has 1 aromatic carbocycles. The minimum Gasteiger partial charge on any atom is -0.425 e. The van der Waals surface area contributed by atoms with Crippen LogP contribution in [0.3, 0.4) is 0 Å². The first-order valence-corrected chi connectivity index (χ1v) is 6.77. The van der Waals surface area contributed by atoms with Crippen LogP contribution in [0.5, 0.6) is 5.75 Å². The lowest BCUT2D eigenvalue weighted by Gasteiger charge is -2.11. The van der Waals surface area contributed by atoms with E-state index in [-0.39, 0.29) is 30.7 Å². The highest BCUT2D eigenvalue weighted by atomic mass is 35.5. The molecule has 1 atom stereocenters. The van der Waals surface area contributed by atoms with Gasteiger partial charge in [0.2, 0.25) is 0 Å². The van der Waals surface area contributed by atoms with Crippen molar-refractivity contribution in [1.82, 2.24) is 0 Å². The molecule has 0 fully saturated rings. The molecule has 11 heteroatoms. The first-order chi connectivity index (χ1) is 10.9. The SMILES string of the molecule is Cl.NC(N)=NCCCC(N)C(=O)Oc1cccc(CO[N+](=O)[O-])c1. The predicted octanol–water partition coefficient (Wildman–Crippen LogP) is 0.103. The third-order valence-electron chi connectivity index (χ3n) is 2.72. The fourth-order valence-electron chi connectivity index (χ4n) is 1.66. The molecule has 0 aliphatic rings. The van der Waals surface area contributed by atoms with Gasteiger partial charge >= 0.3 is 5.97 Å². The Morgan fingerprint density at radius 3 is 2.71 bits per heavy atom. The Hall–Kier alpha value is -2.59. The van der Waals surface area contributed by atoms with Crippen molar-refractivity contribution in [3.8, 4) is 5.75 Å². The molecule has 0 amide bonds. The summed E-state index contributed by atoms with van der Waals surface area (Å²) >= 11 is 0. The molecule has 0 saturated carbocycles. The van der Waals surface area contributed by atoms with E-state index < -0.39 is 17.1 Å². The van der Waals surface area contributed by atoms with Gasteiger partial charge in [0.25, 0.3) is 5.09 Å². The molecule has 0 spiro atoms. The van der Waals surface area contributed by atoms with Crippen molar-refractivity contribution >= 4 is 24.3 Å². The van der Waals surface area contributed by atoms with Crippen molar-refractivity contribution < 1.29 is 19.5 Å². The van der Waals surface area contributed by atoms with Crippen LogP contribution in [0.1, 0.15) is 18.4 Å². The lowest BCUT2D eigenvalue weighted by atomic mass is 10.1. The number of esters is 1. The van der Waals surface area contributed by atoms with Gasteiger partial charge in [-0.3, -0.25) is 4.99 Å². The van der Waals surface area contributed by atoms with Crippen LogP contribution >= 0.6 is 12.4 Å². The van der Waals surface area contributed by atoms with Crippen LogP contribution in [0.15, 0.2) is 29.3 Å². The number of benzene rings is 1. The number of hydrogen-bond acceptors (Lipinski definition) is 7. The van der Waals surface area contributed by atoms with Gasteiger partial charge in [-0.05, 0) is 30.5 Å². The van der Waals surface area contributed by atoms with E-state index in [9.17, 15) is 14.9 Å². The maximum absolute atomic E-state index is 11.8. The molecule has 0 aliphatic carbocycles. The first kappa shape index (κ1) is 21.4. The van der Waals surface area contributed by atoms with Crippen molar-refractivity contribution in [3.05, 3.63) is 39.9 Å².